The molecule has 0 aromatic carbocycles. The molecule has 4 aliphatic carbocycles. The van der Waals surface area contributed by atoms with Gasteiger partial charge in [-0.15, -0.1) is 0 Å². The Balaban J connectivity index is 1.63. The summed E-state index contributed by atoms with van der Waals surface area (Å²) in [6.45, 7) is 0.544. The summed E-state index contributed by atoms with van der Waals surface area (Å²) in [4.78, 5) is 9.21. The van der Waals surface area contributed by atoms with Gasteiger partial charge in [0.15, 0.2) is 0 Å². The monoisotopic (exact) mass is 243 g/mol. The van der Waals surface area contributed by atoms with Gasteiger partial charge in [0.2, 0.25) is 0 Å². The molecule has 3 heteroatoms. The predicted octanol–water partition coefficient (Wildman–Crippen LogP) is 2.48. The van der Waals surface area contributed by atoms with Crippen molar-refractivity contribution in [3.63, 3.8) is 0 Å². The van der Waals surface area contributed by atoms with E-state index in [4.69, 9.17) is 5.73 Å². The molecule has 0 spiro atoms. The van der Waals surface area contributed by atoms with Crippen molar-refractivity contribution in [2.75, 3.05) is 0 Å². The Bertz CT molecular complexity index is 412. The van der Waals surface area contributed by atoms with Crippen molar-refractivity contribution in [2.45, 2.75) is 44.6 Å². The SMILES string of the molecule is NCc1cnc(C2C3CC4CC(C3)CC2C4)nc1. The van der Waals surface area contributed by atoms with Crippen molar-refractivity contribution < 1.29 is 0 Å². The maximum atomic E-state index is 5.61. The van der Waals surface area contributed by atoms with E-state index in [1.165, 1.54) is 32.1 Å². The summed E-state index contributed by atoms with van der Waals surface area (Å²) in [6, 6.07) is 0. The minimum absolute atomic E-state index is 0.544. The summed E-state index contributed by atoms with van der Waals surface area (Å²) in [6.07, 6.45) is 11.1. The van der Waals surface area contributed by atoms with E-state index in [2.05, 4.69) is 9.97 Å². The highest BCUT2D eigenvalue weighted by Crippen LogP contribution is 2.59. The molecule has 96 valence electrons. The lowest BCUT2D eigenvalue weighted by Gasteiger charge is -2.53. The largest absolute Gasteiger partial charge is 0.326 e. The molecule has 4 saturated carbocycles. The van der Waals surface area contributed by atoms with Crippen molar-refractivity contribution in [1.82, 2.24) is 9.97 Å². The molecule has 0 amide bonds. The third kappa shape index (κ3) is 1.60. The fraction of sp³-hybridized carbons (Fsp3) is 0.733. The maximum absolute atomic E-state index is 5.61. The summed E-state index contributed by atoms with van der Waals surface area (Å²) in [5, 5.41) is 0. The predicted molar refractivity (Wildman–Crippen MR) is 69.7 cm³/mol. The lowest BCUT2D eigenvalue weighted by atomic mass is 9.51. The van der Waals surface area contributed by atoms with Gasteiger partial charge in [-0.25, -0.2) is 9.97 Å². The van der Waals surface area contributed by atoms with Gasteiger partial charge in [-0.05, 0) is 55.8 Å². The molecule has 0 saturated heterocycles. The van der Waals surface area contributed by atoms with Crippen molar-refractivity contribution >= 4 is 0 Å². The van der Waals surface area contributed by atoms with E-state index < -0.39 is 0 Å². The highest BCUT2D eigenvalue weighted by atomic mass is 14.9. The van der Waals surface area contributed by atoms with Crippen LogP contribution >= 0.6 is 0 Å². The average Bonchev–Trinajstić information content (AvgIpc) is 2.38. The molecule has 0 aliphatic heterocycles. The van der Waals surface area contributed by atoms with Crippen LogP contribution in [0.5, 0.6) is 0 Å². The lowest BCUT2D eigenvalue weighted by molar-refractivity contribution is -0.00567. The number of nitrogens with zero attached hydrogens (tertiary/aromatic N) is 2. The smallest absolute Gasteiger partial charge is 0.131 e. The molecule has 2 N–H and O–H groups in total. The Kier molecular flexibility index (Phi) is 2.44. The zero-order valence-corrected chi connectivity index (χ0v) is 10.8. The van der Waals surface area contributed by atoms with Crippen LogP contribution in [0, 0.1) is 23.7 Å². The first-order valence-corrected chi connectivity index (χ1v) is 7.34. The van der Waals surface area contributed by atoms with Crippen LogP contribution in [-0.4, -0.2) is 9.97 Å². The van der Waals surface area contributed by atoms with Crippen molar-refractivity contribution in [3.05, 3.63) is 23.8 Å². The van der Waals surface area contributed by atoms with Crippen molar-refractivity contribution in [2.24, 2.45) is 29.4 Å². The minimum Gasteiger partial charge on any atom is -0.326 e. The molecular weight excluding hydrogens is 222 g/mol. The number of hydrogen-bond donors (Lipinski definition) is 1. The van der Waals surface area contributed by atoms with Crippen LogP contribution in [-0.2, 0) is 6.54 Å². The van der Waals surface area contributed by atoms with E-state index in [1.807, 2.05) is 12.4 Å². The summed E-state index contributed by atoms with van der Waals surface area (Å²) in [5.74, 6) is 5.51. The average molecular weight is 243 g/mol. The lowest BCUT2D eigenvalue weighted by Crippen LogP contribution is -2.44. The van der Waals surface area contributed by atoms with E-state index in [0.717, 1.165) is 35.1 Å². The third-order valence-electron chi connectivity index (χ3n) is 5.49. The van der Waals surface area contributed by atoms with Crippen LogP contribution in [0.15, 0.2) is 12.4 Å². The Morgan fingerprint density at radius 2 is 1.50 bits per heavy atom. The molecular formula is C15H21N3. The summed E-state index contributed by atoms with van der Waals surface area (Å²) < 4.78 is 0. The van der Waals surface area contributed by atoms with E-state index in [9.17, 15) is 0 Å². The number of aromatic nitrogens is 2. The molecule has 4 aliphatic rings. The Hall–Kier alpha value is -0.960. The van der Waals surface area contributed by atoms with E-state index in [1.54, 1.807) is 0 Å². The first kappa shape index (κ1) is 10.9. The van der Waals surface area contributed by atoms with E-state index >= 15 is 0 Å². The molecule has 0 radical (unpaired) electrons. The highest BCUT2D eigenvalue weighted by Gasteiger charge is 2.49. The molecule has 18 heavy (non-hydrogen) atoms. The standard InChI is InChI=1S/C15H21N3/c16-6-11-7-17-15(18-8-11)14-12-2-9-1-10(4-12)5-13(14)3-9/h7-10,12-14H,1-6,16H2. The van der Waals surface area contributed by atoms with Crippen LogP contribution in [0.4, 0.5) is 0 Å². The van der Waals surface area contributed by atoms with E-state index in [0.29, 0.717) is 12.5 Å². The van der Waals surface area contributed by atoms with Gasteiger partial charge in [0.25, 0.3) is 0 Å². The Labute approximate surface area is 108 Å². The molecule has 1 heterocycles. The molecule has 1 aromatic rings. The topological polar surface area (TPSA) is 51.8 Å². The van der Waals surface area contributed by atoms with Gasteiger partial charge in [-0.1, -0.05) is 0 Å². The third-order valence-corrected chi connectivity index (χ3v) is 5.49. The molecule has 4 bridgehead atoms. The van der Waals surface area contributed by atoms with Crippen LogP contribution in [0.1, 0.15) is 49.4 Å². The molecule has 3 nitrogen and oxygen atoms in total. The van der Waals surface area contributed by atoms with Crippen LogP contribution < -0.4 is 5.73 Å². The number of hydrogen-bond acceptors (Lipinski definition) is 3. The molecule has 4 fully saturated rings. The number of nitrogens with two attached hydrogens (primary N) is 1. The second kappa shape index (κ2) is 4.02. The van der Waals surface area contributed by atoms with Gasteiger partial charge in [0, 0.05) is 30.4 Å². The minimum atomic E-state index is 0.544. The fourth-order valence-electron chi connectivity index (χ4n) is 4.99. The Morgan fingerprint density at radius 1 is 0.944 bits per heavy atom. The van der Waals surface area contributed by atoms with Crippen molar-refractivity contribution in [1.29, 1.82) is 0 Å². The van der Waals surface area contributed by atoms with Gasteiger partial charge in [-0.2, -0.15) is 0 Å². The summed E-state index contributed by atoms with van der Waals surface area (Å²) in [5.41, 5.74) is 6.66. The van der Waals surface area contributed by atoms with Crippen LogP contribution in [0.25, 0.3) is 0 Å². The second-order valence-electron chi connectivity index (χ2n) is 6.61. The molecule has 0 unspecified atom stereocenters. The van der Waals surface area contributed by atoms with E-state index in [-0.39, 0.29) is 0 Å². The maximum Gasteiger partial charge on any atom is 0.131 e. The molecule has 1 aromatic heterocycles. The molecule has 5 rings (SSSR count). The second-order valence-corrected chi connectivity index (χ2v) is 6.61. The van der Waals surface area contributed by atoms with Crippen LogP contribution in [0.2, 0.25) is 0 Å². The first-order chi connectivity index (χ1) is 8.83. The van der Waals surface area contributed by atoms with Crippen LogP contribution in [0.3, 0.4) is 0 Å². The fourth-order valence-corrected chi connectivity index (χ4v) is 4.99. The van der Waals surface area contributed by atoms with Gasteiger partial charge < -0.3 is 5.73 Å². The zero-order chi connectivity index (χ0) is 12.1. The highest BCUT2D eigenvalue weighted by molar-refractivity contribution is 5.13. The van der Waals surface area contributed by atoms with Gasteiger partial charge in [-0.3, -0.25) is 0 Å². The van der Waals surface area contributed by atoms with Gasteiger partial charge >= 0.3 is 0 Å². The first-order valence-electron chi connectivity index (χ1n) is 7.34. The number of rotatable bonds is 2. The zero-order valence-electron chi connectivity index (χ0n) is 10.8. The summed E-state index contributed by atoms with van der Waals surface area (Å²) >= 11 is 0. The normalized spacial score (nSPS) is 41.3. The van der Waals surface area contributed by atoms with Gasteiger partial charge in [0.1, 0.15) is 5.82 Å². The van der Waals surface area contributed by atoms with Crippen molar-refractivity contribution in [3.8, 4) is 0 Å². The van der Waals surface area contributed by atoms with Gasteiger partial charge in [0.05, 0.1) is 0 Å². The molecule has 0 atom stereocenters. The Morgan fingerprint density at radius 3 is 2.00 bits per heavy atom. The quantitative estimate of drug-likeness (QED) is 0.868. The summed E-state index contributed by atoms with van der Waals surface area (Å²) in [7, 11) is 0.